The van der Waals surface area contributed by atoms with Crippen molar-refractivity contribution in [3.8, 4) is 5.69 Å². The third kappa shape index (κ3) is 3.21. The van der Waals surface area contributed by atoms with E-state index >= 15 is 0 Å². The molecule has 0 aliphatic carbocycles. The monoisotopic (exact) mass is 414 g/mol. The number of carbonyl (C=O) groups is 1. The Hall–Kier alpha value is -3.73. The van der Waals surface area contributed by atoms with Crippen LogP contribution in [0.2, 0.25) is 5.02 Å². The number of nitrogens with one attached hydrogen (secondary N) is 1. The van der Waals surface area contributed by atoms with Gasteiger partial charge in [-0.15, -0.1) is 0 Å². The fraction of sp³-hybridized carbons (Fsp3) is 0.176. The standard InChI is InChI=1S/C17H15ClN8O3/c1-23-9-20-15-14(23)16(28)25(17(29)24(15)2)6-13(27)22-11-5-10(18)3-4-12(11)26-8-19-7-21-26/h3-5,7-9H,6H2,1-2H3,(H,22,27). The first kappa shape index (κ1) is 18.6. The van der Waals surface area contributed by atoms with Crippen molar-refractivity contribution in [1.82, 2.24) is 33.4 Å². The van der Waals surface area contributed by atoms with Gasteiger partial charge in [-0.3, -0.25) is 14.2 Å². The van der Waals surface area contributed by atoms with Crippen LogP contribution in [-0.4, -0.2) is 39.4 Å². The number of hydrogen-bond donors (Lipinski definition) is 1. The quantitative estimate of drug-likeness (QED) is 0.512. The van der Waals surface area contributed by atoms with E-state index in [1.807, 2.05) is 0 Å². The lowest BCUT2D eigenvalue weighted by atomic mass is 10.2. The van der Waals surface area contributed by atoms with Gasteiger partial charge in [-0.1, -0.05) is 11.6 Å². The summed E-state index contributed by atoms with van der Waals surface area (Å²) >= 11 is 6.05. The molecule has 0 fully saturated rings. The third-order valence-corrected chi connectivity index (χ3v) is 4.64. The summed E-state index contributed by atoms with van der Waals surface area (Å²) in [6.45, 7) is -0.476. The summed E-state index contributed by atoms with van der Waals surface area (Å²) < 4.78 is 5.05. The van der Waals surface area contributed by atoms with E-state index in [9.17, 15) is 14.4 Å². The Morgan fingerprint density at radius 3 is 2.72 bits per heavy atom. The summed E-state index contributed by atoms with van der Waals surface area (Å²) in [5, 5.41) is 7.11. The molecule has 0 radical (unpaired) electrons. The Balaban J connectivity index is 1.71. The maximum Gasteiger partial charge on any atom is 0.332 e. The van der Waals surface area contributed by atoms with Crippen LogP contribution in [0, 0.1) is 0 Å². The molecule has 0 saturated carbocycles. The summed E-state index contributed by atoms with van der Waals surface area (Å²) in [6, 6.07) is 4.85. The summed E-state index contributed by atoms with van der Waals surface area (Å²) in [5.74, 6) is -0.575. The first-order valence-corrected chi connectivity index (χ1v) is 8.80. The van der Waals surface area contributed by atoms with Crippen molar-refractivity contribution in [1.29, 1.82) is 0 Å². The SMILES string of the molecule is Cn1cnc2c1c(=O)n(CC(=O)Nc1cc(Cl)ccc1-n1cncn1)c(=O)n2C. The molecule has 3 heterocycles. The molecule has 0 aliphatic rings. The smallest absolute Gasteiger partial charge is 0.328 e. The second-order valence-electron chi connectivity index (χ2n) is 6.31. The van der Waals surface area contributed by atoms with Gasteiger partial charge >= 0.3 is 5.69 Å². The molecule has 12 heteroatoms. The van der Waals surface area contributed by atoms with Crippen LogP contribution in [0.4, 0.5) is 5.69 Å². The molecule has 4 rings (SSSR count). The highest BCUT2D eigenvalue weighted by atomic mass is 35.5. The van der Waals surface area contributed by atoms with E-state index in [4.69, 9.17) is 11.6 Å². The average Bonchev–Trinajstić information content (AvgIpc) is 3.34. The molecule has 0 bridgehead atoms. The molecule has 1 amide bonds. The Labute approximate surface area is 167 Å². The van der Waals surface area contributed by atoms with Gasteiger partial charge in [-0.2, -0.15) is 5.10 Å². The average molecular weight is 415 g/mol. The van der Waals surface area contributed by atoms with Gasteiger partial charge in [0.05, 0.1) is 17.7 Å². The molecular weight excluding hydrogens is 400 g/mol. The number of rotatable bonds is 4. The molecular formula is C17H15ClN8O3. The molecule has 0 aliphatic heterocycles. The minimum absolute atomic E-state index is 0.228. The molecule has 148 valence electrons. The maximum atomic E-state index is 12.7. The van der Waals surface area contributed by atoms with Crippen LogP contribution in [0.5, 0.6) is 0 Å². The van der Waals surface area contributed by atoms with E-state index in [-0.39, 0.29) is 11.2 Å². The van der Waals surface area contributed by atoms with Gasteiger partial charge in [-0.25, -0.2) is 24.0 Å². The Kier molecular flexibility index (Phi) is 4.51. The van der Waals surface area contributed by atoms with Gasteiger partial charge in [0.15, 0.2) is 11.2 Å². The van der Waals surface area contributed by atoms with Gasteiger partial charge in [0, 0.05) is 19.1 Å². The lowest BCUT2D eigenvalue weighted by molar-refractivity contribution is -0.116. The summed E-state index contributed by atoms with van der Waals surface area (Å²) in [4.78, 5) is 45.9. The van der Waals surface area contributed by atoms with E-state index in [2.05, 4.69) is 20.4 Å². The number of benzene rings is 1. The zero-order valence-electron chi connectivity index (χ0n) is 15.4. The van der Waals surface area contributed by atoms with Crippen molar-refractivity contribution < 1.29 is 4.79 Å². The molecule has 3 aromatic heterocycles. The van der Waals surface area contributed by atoms with Crippen LogP contribution >= 0.6 is 11.6 Å². The molecule has 1 aromatic carbocycles. The molecule has 11 nitrogen and oxygen atoms in total. The van der Waals surface area contributed by atoms with Crippen LogP contribution in [-0.2, 0) is 25.4 Å². The lowest BCUT2D eigenvalue weighted by Crippen LogP contribution is -2.42. The number of carbonyl (C=O) groups excluding carboxylic acids is 1. The van der Waals surface area contributed by atoms with Gasteiger partial charge in [0.2, 0.25) is 5.91 Å². The number of halogens is 1. The summed E-state index contributed by atoms with van der Waals surface area (Å²) in [7, 11) is 3.13. The van der Waals surface area contributed by atoms with Gasteiger partial charge < -0.3 is 9.88 Å². The van der Waals surface area contributed by atoms with E-state index in [1.165, 1.54) is 39.8 Å². The fourth-order valence-corrected chi connectivity index (χ4v) is 3.18. The van der Waals surface area contributed by atoms with E-state index < -0.39 is 23.7 Å². The highest BCUT2D eigenvalue weighted by molar-refractivity contribution is 6.31. The van der Waals surface area contributed by atoms with E-state index in [0.29, 0.717) is 16.4 Å². The number of amides is 1. The zero-order valence-corrected chi connectivity index (χ0v) is 16.2. The molecule has 0 unspecified atom stereocenters. The first-order valence-electron chi connectivity index (χ1n) is 8.42. The second-order valence-corrected chi connectivity index (χ2v) is 6.75. The van der Waals surface area contributed by atoms with Crippen molar-refractivity contribution >= 4 is 34.4 Å². The van der Waals surface area contributed by atoms with Gasteiger partial charge in [0.25, 0.3) is 5.56 Å². The van der Waals surface area contributed by atoms with Crippen molar-refractivity contribution in [2.24, 2.45) is 14.1 Å². The van der Waals surface area contributed by atoms with Crippen molar-refractivity contribution in [2.45, 2.75) is 6.54 Å². The Bertz CT molecular complexity index is 1350. The molecule has 0 spiro atoms. The van der Waals surface area contributed by atoms with Crippen LogP contribution < -0.4 is 16.6 Å². The predicted molar refractivity (Wildman–Crippen MR) is 105 cm³/mol. The topological polar surface area (TPSA) is 122 Å². The van der Waals surface area contributed by atoms with E-state index in [0.717, 1.165) is 4.57 Å². The number of fused-ring (bicyclic) bond motifs is 1. The van der Waals surface area contributed by atoms with Crippen molar-refractivity contribution in [3.05, 3.63) is 63.0 Å². The first-order chi connectivity index (χ1) is 13.9. The van der Waals surface area contributed by atoms with Crippen LogP contribution in [0.3, 0.4) is 0 Å². The molecule has 0 atom stereocenters. The van der Waals surface area contributed by atoms with Gasteiger partial charge in [0.1, 0.15) is 19.2 Å². The second kappa shape index (κ2) is 7.02. The number of aryl methyl sites for hydroxylation is 2. The van der Waals surface area contributed by atoms with Crippen molar-refractivity contribution in [2.75, 3.05) is 5.32 Å². The Morgan fingerprint density at radius 2 is 2.00 bits per heavy atom. The minimum Gasteiger partial charge on any atom is -0.328 e. The molecule has 1 N–H and O–H groups in total. The number of imidazole rings is 1. The number of hydrogen-bond acceptors (Lipinski definition) is 6. The largest absolute Gasteiger partial charge is 0.332 e. The zero-order chi connectivity index (χ0) is 20.7. The maximum absolute atomic E-state index is 12.7. The highest BCUT2D eigenvalue weighted by Crippen LogP contribution is 2.23. The molecule has 29 heavy (non-hydrogen) atoms. The predicted octanol–water partition coefficient (Wildman–Crippen LogP) is 0.306. The number of aromatic nitrogens is 7. The number of nitrogens with zero attached hydrogens (tertiary/aromatic N) is 7. The highest BCUT2D eigenvalue weighted by Gasteiger charge is 2.18. The molecule has 4 aromatic rings. The van der Waals surface area contributed by atoms with Crippen LogP contribution in [0.1, 0.15) is 0 Å². The minimum atomic E-state index is -0.640. The van der Waals surface area contributed by atoms with Crippen LogP contribution in [0.15, 0.2) is 46.8 Å². The summed E-state index contributed by atoms with van der Waals surface area (Å²) in [6.07, 6.45) is 4.26. The number of anilines is 1. The van der Waals surface area contributed by atoms with E-state index in [1.54, 1.807) is 25.2 Å². The third-order valence-electron chi connectivity index (χ3n) is 4.40. The van der Waals surface area contributed by atoms with Gasteiger partial charge in [-0.05, 0) is 18.2 Å². The van der Waals surface area contributed by atoms with Crippen molar-refractivity contribution in [3.63, 3.8) is 0 Å². The Morgan fingerprint density at radius 1 is 1.21 bits per heavy atom. The summed E-state index contributed by atoms with van der Waals surface area (Å²) in [5.41, 5.74) is 0.135. The molecule has 0 saturated heterocycles. The fourth-order valence-electron chi connectivity index (χ4n) is 3.01. The van der Waals surface area contributed by atoms with Crippen LogP contribution in [0.25, 0.3) is 16.9 Å². The normalized spacial score (nSPS) is 11.1. The lowest BCUT2D eigenvalue weighted by Gasteiger charge is -2.12.